The van der Waals surface area contributed by atoms with Crippen molar-refractivity contribution in [3.05, 3.63) is 64.2 Å². The van der Waals surface area contributed by atoms with Gasteiger partial charge in [-0.05, 0) is 42.7 Å². The highest BCUT2D eigenvalue weighted by molar-refractivity contribution is 6.31. The molecule has 4 heteroatoms. The molecule has 1 aliphatic rings. The Balaban J connectivity index is 2.00. The summed E-state index contributed by atoms with van der Waals surface area (Å²) in [6.07, 6.45) is 3.15. The van der Waals surface area contributed by atoms with Crippen LogP contribution in [0.1, 0.15) is 34.0 Å². The van der Waals surface area contributed by atoms with Crippen LogP contribution < -0.4 is 0 Å². The van der Waals surface area contributed by atoms with E-state index in [9.17, 15) is 9.18 Å². The molecule has 0 fully saturated rings. The number of benzene rings is 1. The van der Waals surface area contributed by atoms with Gasteiger partial charge in [0.05, 0.1) is 17.2 Å². The molecule has 2 aromatic rings. The Hall–Kier alpha value is -1.74. The summed E-state index contributed by atoms with van der Waals surface area (Å²) in [7, 11) is 0. The van der Waals surface area contributed by atoms with E-state index in [1.807, 2.05) is 12.1 Å². The van der Waals surface area contributed by atoms with E-state index in [-0.39, 0.29) is 17.3 Å². The molecule has 0 bridgehead atoms. The molecule has 1 aliphatic carbocycles. The van der Waals surface area contributed by atoms with Crippen molar-refractivity contribution in [3.63, 3.8) is 0 Å². The molecular weight excluding hydrogens is 265 g/mol. The van der Waals surface area contributed by atoms with E-state index in [1.54, 1.807) is 6.20 Å². The molecule has 0 saturated heterocycles. The van der Waals surface area contributed by atoms with Crippen molar-refractivity contribution in [2.45, 2.75) is 18.8 Å². The molecule has 0 saturated carbocycles. The first-order valence-electron chi connectivity index (χ1n) is 6.10. The number of hydrogen-bond acceptors (Lipinski definition) is 2. The summed E-state index contributed by atoms with van der Waals surface area (Å²) in [5.41, 5.74) is 1.89. The Bertz CT molecular complexity index is 656. The number of carbonyl (C=O) groups excluding carboxylic acids is 1. The van der Waals surface area contributed by atoms with Crippen LogP contribution in [0.25, 0.3) is 0 Å². The maximum Gasteiger partial charge on any atom is 0.174 e. The number of carbonyl (C=O) groups is 1. The largest absolute Gasteiger partial charge is 0.293 e. The molecule has 0 N–H and O–H groups in total. The first-order chi connectivity index (χ1) is 9.16. The topological polar surface area (TPSA) is 30.0 Å². The molecule has 2 nitrogen and oxygen atoms in total. The summed E-state index contributed by atoms with van der Waals surface area (Å²) < 4.78 is 13.7. The van der Waals surface area contributed by atoms with E-state index in [1.165, 1.54) is 18.2 Å². The SMILES string of the molecule is O=C(c1cc(Cl)ccc1F)C1CCc2cccnc21. The number of aromatic nitrogens is 1. The highest BCUT2D eigenvalue weighted by Crippen LogP contribution is 2.34. The predicted molar refractivity (Wildman–Crippen MR) is 71.0 cm³/mol. The number of aryl methyl sites for hydroxylation is 1. The van der Waals surface area contributed by atoms with Gasteiger partial charge in [-0.15, -0.1) is 0 Å². The third-order valence-corrected chi connectivity index (χ3v) is 3.70. The summed E-state index contributed by atoms with van der Waals surface area (Å²) in [5, 5.41) is 0.365. The minimum Gasteiger partial charge on any atom is -0.293 e. The lowest BCUT2D eigenvalue weighted by molar-refractivity contribution is 0.0954. The molecule has 19 heavy (non-hydrogen) atoms. The Labute approximate surface area is 115 Å². The molecule has 0 aliphatic heterocycles. The van der Waals surface area contributed by atoms with Crippen LogP contribution in [0.3, 0.4) is 0 Å². The molecular formula is C15H11ClFNO. The van der Waals surface area contributed by atoms with Gasteiger partial charge in [-0.2, -0.15) is 0 Å². The van der Waals surface area contributed by atoms with Crippen molar-refractivity contribution < 1.29 is 9.18 Å². The van der Waals surface area contributed by atoms with Crippen LogP contribution >= 0.6 is 11.6 Å². The minimum atomic E-state index is -0.529. The smallest absolute Gasteiger partial charge is 0.174 e. The van der Waals surface area contributed by atoms with Gasteiger partial charge in [0.1, 0.15) is 5.82 Å². The first kappa shape index (κ1) is 12.3. The number of Topliss-reactive ketones (excluding diaryl/α,β-unsaturated/α-hetero) is 1. The zero-order chi connectivity index (χ0) is 13.4. The normalized spacial score (nSPS) is 17.3. The lowest BCUT2D eigenvalue weighted by Gasteiger charge is -2.10. The average Bonchev–Trinajstić information content (AvgIpc) is 2.84. The van der Waals surface area contributed by atoms with Gasteiger partial charge in [0, 0.05) is 11.2 Å². The Morgan fingerprint density at radius 2 is 2.21 bits per heavy atom. The third-order valence-electron chi connectivity index (χ3n) is 3.47. The third kappa shape index (κ3) is 2.15. The molecule has 0 radical (unpaired) electrons. The highest BCUT2D eigenvalue weighted by Gasteiger charge is 2.31. The first-order valence-corrected chi connectivity index (χ1v) is 6.47. The molecule has 3 rings (SSSR count). The monoisotopic (exact) mass is 275 g/mol. The average molecular weight is 276 g/mol. The van der Waals surface area contributed by atoms with E-state index in [2.05, 4.69) is 4.98 Å². The molecule has 1 aromatic heterocycles. The summed E-state index contributed by atoms with van der Waals surface area (Å²) in [6.45, 7) is 0. The van der Waals surface area contributed by atoms with E-state index in [4.69, 9.17) is 11.6 Å². The van der Waals surface area contributed by atoms with Crippen molar-refractivity contribution in [2.24, 2.45) is 0 Å². The molecule has 1 heterocycles. The Morgan fingerprint density at radius 3 is 3.05 bits per heavy atom. The second-order valence-corrected chi connectivity index (χ2v) is 5.06. The molecule has 0 amide bonds. The second kappa shape index (κ2) is 4.74. The van der Waals surface area contributed by atoms with Crippen LogP contribution in [0.2, 0.25) is 5.02 Å². The number of rotatable bonds is 2. The van der Waals surface area contributed by atoms with E-state index >= 15 is 0 Å². The summed E-state index contributed by atoms with van der Waals surface area (Å²) >= 11 is 5.83. The Morgan fingerprint density at radius 1 is 1.37 bits per heavy atom. The highest BCUT2D eigenvalue weighted by atomic mass is 35.5. The fourth-order valence-electron chi connectivity index (χ4n) is 2.54. The van der Waals surface area contributed by atoms with Gasteiger partial charge in [0.25, 0.3) is 0 Å². The van der Waals surface area contributed by atoms with Gasteiger partial charge < -0.3 is 0 Å². The van der Waals surface area contributed by atoms with Gasteiger partial charge in [0.2, 0.25) is 0 Å². The molecule has 96 valence electrons. The van der Waals surface area contributed by atoms with E-state index in [0.717, 1.165) is 17.7 Å². The minimum absolute atomic E-state index is 0.0519. The molecule has 1 atom stereocenters. The van der Waals surface area contributed by atoms with Crippen LogP contribution in [-0.4, -0.2) is 10.8 Å². The van der Waals surface area contributed by atoms with Crippen molar-refractivity contribution in [3.8, 4) is 0 Å². The number of pyridine rings is 1. The van der Waals surface area contributed by atoms with Crippen LogP contribution in [0.15, 0.2) is 36.5 Å². The molecule has 1 aromatic carbocycles. The number of halogens is 2. The summed E-state index contributed by atoms with van der Waals surface area (Å²) in [5.74, 6) is -1.12. The maximum atomic E-state index is 13.7. The predicted octanol–water partition coefficient (Wildman–Crippen LogP) is 3.79. The lowest BCUT2D eigenvalue weighted by atomic mass is 9.95. The van der Waals surface area contributed by atoms with Crippen LogP contribution in [0.4, 0.5) is 4.39 Å². The van der Waals surface area contributed by atoms with Gasteiger partial charge in [0.15, 0.2) is 5.78 Å². The lowest BCUT2D eigenvalue weighted by Crippen LogP contribution is -2.13. The zero-order valence-corrected chi connectivity index (χ0v) is 10.8. The quantitative estimate of drug-likeness (QED) is 0.781. The number of nitrogens with zero attached hydrogens (tertiary/aromatic N) is 1. The van der Waals surface area contributed by atoms with E-state index < -0.39 is 5.82 Å². The summed E-state index contributed by atoms with van der Waals surface area (Å²) in [6, 6.07) is 7.87. The van der Waals surface area contributed by atoms with Gasteiger partial charge >= 0.3 is 0 Å². The maximum absolute atomic E-state index is 13.7. The van der Waals surface area contributed by atoms with Crippen molar-refractivity contribution >= 4 is 17.4 Å². The summed E-state index contributed by atoms with van der Waals surface area (Å²) in [4.78, 5) is 16.7. The van der Waals surface area contributed by atoms with Crippen molar-refractivity contribution in [1.82, 2.24) is 4.98 Å². The van der Waals surface area contributed by atoms with Crippen molar-refractivity contribution in [2.75, 3.05) is 0 Å². The van der Waals surface area contributed by atoms with Gasteiger partial charge in [-0.3, -0.25) is 9.78 Å². The number of fused-ring (bicyclic) bond motifs is 1. The molecule has 0 spiro atoms. The number of hydrogen-bond donors (Lipinski definition) is 0. The standard InChI is InChI=1S/C15H11ClFNO/c16-10-4-6-13(17)12(8-10)15(19)11-5-3-9-2-1-7-18-14(9)11/h1-2,4,6-8,11H,3,5H2. The fourth-order valence-corrected chi connectivity index (χ4v) is 2.71. The Kier molecular flexibility index (Phi) is 3.07. The van der Waals surface area contributed by atoms with Crippen molar-refractivity contribution in [1.29, 1.82) is 0 Å². The number of ketones is 1. The van der Waals surface area contributed by atoms with Crippen LogP contribution in [0, 0.1) is 5.82 Å². The van der Waals surface area contributed by atoms with Gasteiger partial charge in [-0.25, -0.2) is 4.39 Å². The van der Waals surface area contributed by atoms with Crippen LogP contribution in [0.5, 0.6) is 0 Å². The zero-order valence-electron chi connectivity index (χ0n) is 10.1. The van der Waals surface area contributed by atoms with Crippen LogP contribution in [-0.2, 0) is 6.42 Å². The molecule has 1 unspecified atom stereocenters. The van der Waals surface area contributed by atoms with Gasteiger partial charge in [-0.1, -0.05) is 17.7 Å². The van der Waals surface area contributed by atoms with E-state index in [0.29, 0.717) is 11.4 Å². The fraction of sp³-hybridized carbons (Fsp3) is 0.200. The second-order valence-electron chi connectivity index (χ2n) is 4.63.